The van der Waals surface area contributed by atoms with E-state index < -0.39 is 0 Å². The zero-order valence-electron chi connectivity index (χ0n) is 11.2. The van der Waals surface area contributed by atoms with E-state index in [0.717, 1.165) is 11.1 Å². The van der Waals surface area contributed by atoms with E-state index in [2.05, 4.69) is 5.10 Å². The van der Waals surface area contributed by atoms with Gasteiger partial charge in [-0.1, -0.05) is 0 Å². The van der Waals surface area contributed by atoms with Crippen LogP contribution in [0.4, 0.5) is 5.82 Å². The number of methoxy groups -OCH3 is 1. The normalized spacial score (nSPS) is 10.5. The Morgan fingerprint density at radius 2 is 2.16 bits per heavy atom. The molecule has 0 spiro atoms. The van der Waals surface area contributed by atoms with Crippen LogP contribution in [0.1, 0.15) is 6.92 Å². The number of aromatic nitrogens is 2. The molecule has 19 heavy (non-hydrogen) atoms. The molecular weight excluding hydrogens is 246 g/mol. The molecule has 0 bridgehead atoms. The summed E-state index contributed by atoms with van der Waals surface area (Å²) >= 11 is 0. The molecule has 0 aliphatic carbocycles. The van der Waals surface area contributed by atoms with Crippen LogP contribution >= 0.6 is 0 Å². The van der Waals surface area contributed by atoms with Gasteiger partial charge in [0.15, 0.2) is 11.5 Å². The van der Waals surface area contributed by atoms with Crippen molar-refractivity contribution in [2.24, 2.45) is 7.05 Å². The molecule has 0 radical (unpaired) electrons. The third-order valence-corrected chi connectivity index (χ3v) is 2.83. The smallest absolute Gasteiger partial charge is 0.203 e. The number of benzene rings is 1. The van der Waals surface area contributed by atoms with E-state index in [9.17, 15) is 5.11 Å². The molecule has 0 amide bonds. The lowest BCUT2D eigenvalue weighted by Gasteiger charge is -2.12. The van der Waals surface area contributed by atoms with Crippen LogP contribution in [0.3, 0.4) is 0 Å². The molecular formula is C13H17N3O3. The van der Waals surface area contributed by atoms with Gasteiger partial charge >= 0.3 is 0 Å². The maximum atomic E-state index is 9.98. The highest BCUT2D eigenvalue weighted by Crippen LogP contribution is 2.41. The summed E-state index contributed by atoms with van der Waals surface area (Å²) in [5.41, 5.74) is 7.39. The molecule has 0 aliphatic heterocycles. The van der Waals surface area contributed by atoms with Crippen molar-refractivity contribution in [2.75, 3.05) is 19.5 Å². The third kappa shape index (κ3) is 2.29. The second-order valence-corrected chi connectivity index (χ2v) is 4.03. The molecule has 102 valence electrons. The summed E-state index contributed by atoms with van der Waals surface area (Å²) in [6.07, 6.45) is 1.65. The van der Waals surface area contributed by atoms with Crippen LogP contribution in [0.2, 0.25) is 0 Å². The number of rotatable bonds is 4. The molecule has 2 aromatic rings. The predicted octanol–water partition coefficient (Wildman–Crippen LogP) is 1.78. The van der Waals surface area contributed by atoms with E-state index in [-0.39, 0.29) is 5.75 Å². The summed E-state index contributed by atoms with van der Waals surface area (Å²) < 4.78 is 12.2. The first kappa shape index (κ1) is 13.1. The molecule has 6 heteroatoms. The molecule has 2 rings (SSSR count). The molecule has 0 atom stereocenters. The predicted molar refractivity (Wildman–Crippen MR) is 72.4 cm³/mol. The fourth-order valence-corrected chi connectivity index (χ4v) is 1.88. The molecule has 1 aromatic carbocycles. The zero-order valence-corrected chi connectivity index (χ0v) is 11.2. The van der Waals surface area contributed by atoms with Crippen molar-refractivity contribution in [1.82, 2.24) is 9.78 Å². The number of hydrogen-bond donors (Lipinski definition) is 2. The van der Waals surface area contributed by atoms with E-state index in [0.29, 0.717) is 23.9 Å². The minimum absolute atomic E-state index is 0.00621. The maximum Gasteiger partial charge on any atom is 0.203 e. The quantitative estimate of drug-likeness (QED) is 0.878. The number of nitrogen functional groups attached to an aromatic ring is 1. The second-order valence-electron chi connectivity index (χ2n) is 4.03. The van der Waals surface area contributed by atoms with Crippen molar-refractivity contribution >= 4 is 5.82 Å². The number of nitrogens with two attached hydrogens (primary N) is 1. The highest BCUT2D eigenvalue weighted by molar-refractivity contribution is 5.77. The summed E-state index contributed by atoms with van der Waals surface area (Å²) in [7, 11) is 3.24. The number of phenolic OH excluding ortho intramolecular Hbond substituents is 1. The molecule has 3 N–H and O–H groups in total. The van der Waals surface area contributed by atoms with Gasteiger partial charge in [0.25, 0.3) is 0 Å². The zero-order chi connectivity index (χ0) is 14.0. The Hall–Kier alpha value is -2.37. The monoisotopic (exact) mass is 263 g/mol. The van der Waals surface area contributed by atoms with Gasteiger partial charge in [-0.05, 0) is 24.6 Å². The molecule has 0 saturated heterocycles. The maximum absolute atomic E-state index is 9.98. The highest BCUT2D eigenvalue weighted by Gasteiger charge is 2.15. The van der Waals surface area contributed by atoms with Gasteiger partial charge in [0.2, 0.25) is 5.75 Å². The number of ether oxygens (including phenoxy) is 2. The lowest BCUT2D eigenvalue weighted by molar-refractivity contribution is 0.300. The van der Waals surface area contributed by atoms with Crippen LogP contribution < -0.4 is 15.2 Å². The highest BCUT2D eigenvalue weighted by atomic mass is 16.5. The summed E-state index contributed by atoms with van der Waals surface area (Å²) in [6.45, 7) is 2.34. The van der Waals surface area contributed by atoms with Crippen LogP contribution in [-0.4, -0.2) is 28.6 Å². The van der Waals surface area contributed by atoms with Gasteiger partial charge < -0.3 is 20.3 Å². The first-order chi connectivity index (χ1) is 9.08. The van der Waals surface area contributed by atoms with Crippen LogP contribution in [0, 0.1) is 0 Å². The van der Waals surface area contributed by atoms with E-state index in [4.69, 9.17) is 15.2 Å². The minimum atomic E-state index is 0.00621. The molecule has 0 unspecified atom stereocenters. The van der Waals surface area contributed by atoms with Crippen molar-refractivity contribution in [3.05, 3.63) is 18.3 Å². The van der Waals surface area contributed by atoms with Gasteiger partial charge in [0.05, 0.1) is 19.9 Å². The average molecular weight is 263 g/mol. The molecule has 6 nitrogen and oxygen atoms in total. The number of nitrogens with zero attached hydrogens (tertiary/aromatic N) is 2. The van der Waals surface area contributed by atoms with Crippen molar-refractivity contribution < 1.29 is 14.6 Å². The standard InChI is InChI=1S/C13H17N3O3/c1-4-19-11-6-8(5-10(17)12(11)18-3)9-7-15-16(2)13(9)14/h5-7,17H,4,14H2,1-3H3. The minimum Gasteiger partial charge on any atom is -0.504 e. The molecule has 1 heterocycles. The van der Waals surface area contributed by atoms with Crippen molar-refractivity contribution in [2.45, 2.75) is 6.92 Å². The number of anilines is 1. The Kier molecular flexibility index (Phi) is 3.50. The Bertz CT molecular complexity index is 593. The first-order valence-electron chi connectivity index (χ1n) is 5.90. The van der Waals surface area contributed by atoms with Gasteiger partial charge in [0.1, 0.15) is 5.82 Å². The van der Waals surface area contributed by atoms with Crippen molar-refractivity contribution in [3.8, 4) is 28.4 Å². The molecule has 0 fully saturated rings. The van der Waals surface area contributed by atoms with Gasteiger partial charge in [-0.3, -0.25) is 4.68 Å². The lowest BCUT2D eigenvalue weighted by Crippen LogP contribution is -1.99. The fraction of sp³-hybridized carbons (Fsp3) is 0.308. The van der Waals surface area contributed by atoms with Crippen molar-refractivity contribution in [3.63, 3.8) is 0 Å². The van der Waals surface area contributed by atoms with Crippen LogP contribution in [-0.2, 0) is 7.05 Å². The SMILES string of the molecule is CCOc1cc(-c2cnn(C)c2N)cc(O)c1OC. The fourth-order valence-electron chi connectivity index (χ4n) is 1.88. The third-order valence-electron chi connectivity index (χ3n) is 2.83. The van der Waals surface area contributed by atoms with E-state index >= 15 is 0 Å². The van der Waals surface area contributed by atoms with Gasteiger partial charge in [-0.2, -0.15) is 5.10 Å². The van der Waals surface area contributed by atoms with Crippen LogP contribution in [0.5, 0.6) is 17.2 Å². The van der Waals surface area contributed by atoms with E-state index in [1.165, 1.54) is 7.11 Å². The largest absolute Gasteiger partial charge is 0.504 e. The summed E-state index contributed by atoms with van der Waals surface area (Å²) in [5.74, 6) is 1.31. The first-order valence-corrected chi connectivity index (χ1v) is 5.90. The molecule has 0 saturated carbocycles. The lowest BCUT2D eigenvalue weighted by atomic mass is 10.1. The topological polar surface area (TPSA) is 82.5 Å². The van der Waals surface area contributed by atoms with Gasteiger partial charge in [-0.25, -0.2) is 0 Å². The Labute approximate surface area is 111 Å². The van der Waals surface area contributed by atoms with E-state index in [1.807, 2.05) is 6.92 Å². The van der Waals surface area contributed by atoms with Gasteiger partial charge in [0, 0.05) is 12.6 Å². The average Bonchev–Trinajstić information content (AvgIpc) is 2.70. The Balaban J connectivity index is 2.56. The molecule has 0 aliphatic rings. The Morgan fingerprint density at radius 1 is 1.42 bits per heavy atom. The number of hydrogen-bond acceptors (Lipinski definition) is 5. The summed E-state index contributed by atoms with van der Waals surface area (Å²) in [6, 6.07) is 3.35. The van der Waals surface area contributed by atoms with E-state index in [1.54, 1.807) is 30.1 Å². The number of phenols is 1. The van der Waals surface area contributed by atoms with Crippen LogP contribution in [0.25, 0.3) is 11.1 Å². The van der Waals surface area contributed by atoms with Crippen LogP contribution in [0.15, 0.2) is 18.3 Å². The van der Waals surface area contributed by atoms with Crippen molar-refractivity contribution in [1.29, 1.82) is 0 Å². The summed E-state index contributed by atoms with van der Waals surface area (Å²) in [4.78, 5) is 0. The number of aryl methyl sites for hydroxylation is 1. The Morgan fingerprint density at radius 3 is 2.68 bits per heavy atom. The van der Waals surface area contributed by atoms with Gasteiger partial charge in [-0.15, -0.1) is 0 Å². The second kappa shape index (κ2) is 5.09. The number of aromatic hydroxyl groups is 1. The molecule has 1 aromatic heterocycles. The summed E-state index contributed by atoms with van der Waals surface area (Å²) in [5, 5.41) is 14.1.